The molecule has 0 spiro atoms. The standard InChI is InChI=1S/C25H36OSi.6CO.2Co/c1-20-12-10-13-21(2)17-19-25(26-27(8,9)23(3,4)5)18-11-14-22(16-15-20)24(25,6)7;6*1-2;;/h12,14H,2,10-11,13,18H2,1,3-9H3;;;;;;;;/b20-12-;;;;;;;;. The minimum Gasteiger partial charge on any atom is 0 e. The Bertz CT molecular complexity index is 1030. The van der Waals surface area contributed by atoms with Gasteiger partial charge in [-0.25, -0.2) is 0 Å². The van der Waals surface area contributed by atoms with E-state index in [1.54, 1.807) is 0 Å². The molecule has 7 nitrogen and oxygen atoms in total. The summed E-state index contributed by atoms with van der Waals surface area (Å²) >= 11 is 0. The Morgan fingerprint density at radius 2 is 1.24 bits per heavy atom. The molecule has 0 aromatic carbocycles. The molecule has 1 atom stereocenters. The van der Waals surface area contributed by atoms with Crippen molar-refractivity contribution >= 4 is 8.32 Å². The second kappa shape index (κ2) is 29.5. The third-order valence-electron chi connectivity index (χ3n) is 6.50. The molecule has 2 rings (SSSR count). The Balaban J connectivity index is -0.000000146. The first-order chi connectivity index (χ1) is 18.3. The van der Waals surface area contributed by atoms with E-state index in [1.165, 1.54) is 0 Å². The topological polar surface area (TPSA) is 129 Å². The fraction of sp³-hybridized carbons (Fsp3) is 0.484. The summed E-state index contributed by atoms with van der Waals surface area (Å²) in [6.45, 7) is 49.3. The summed E-state index contributed by atoms with van der Waals surface area (Å²) in [5, 5.41) is 0.131. The molecule has 2 radical (unpaired) electrons. The smallest absolute Gasteiger partial charge is 0 e. The zero-order valence-electron chi connectivity index (χ0n) is 24.7. The van der Waals surface area contributed by atoms with Crippen LogP contribution in [0.25, 0.3) is 0 Å². The fourth-order valence-electron chi connectivity index (χ4n) is 3.36. The van der Waals surface area contributed by atoms with Gasteiger partial charge < -0.3 is 4.43 Å². The van der Waals surface area contributed by atoms with Gasteiger partial charge in [-0.05, 0) is 61.9 Å². The van der Waals surface area contributed by atoms with Gasteiger partial charge in [0.05, 0.1) is 0 Å². The van der Waals surface area contributed by atoms with Crippen LogP contribution in [0.2, 0.25) is 18.1 Å². The Hall–Kier alpha value is -2.03. The third kappa shape index (κ3) is 18.2. The van der Waals surface area contributed by atoms with E-state index in [0.29, 0.717) is 0 Å². The van der Waals surface area contributed by atoms with Crippen molar-refractivity contribution in [1.82, 2.24) is 0 Å². The Kier molecular flexibility index (Phi) is 39.5. The van der Waals surface area contributed by atoms with Gasteiger partial charge in [-0.1, -0.05) is 77.0 Å². The van der Waals surface area contributed by atoms with Gasteiger partial charge in [0, 0.05) is 44.5 Å². The number of rotatable bonds is 2. The number of fused-ring (bicyclic) bond motifs is 2. The molecule has 2 bridgehead atoms. The van der Waals surface area contributed by atoms with E-state index in [9.17, 15) is 0 Å². The molecule has 0 aromatic rings. The van der Waals surface area contributed by atoms with Crippen molar-refractivity contribution in [2.75, 3.05) is 0 Å². The average molecular weight is 667 g/mol. The summed E-state index contributed by atoms with van der Waals surface area (Å²) < 4.78 is 52.1. The molecule has 0 aliphatic heterocycles. The van der Waals surface area contributed by atoms with Crippen LogP contribution in [0.15, 0.2) is 35.5 Å². The summed E-state index contributed by atoms with van der Waals surface area (Å²) in [5.41, 5.74) is 2.47. The average Bonchev–Trinajstić information content (AvgIpc) is 2.94. The molecule has 2 aliphatic carbocycles. The van der Waals surface area contributed by atoms with Crippen LogP contribution in [0.1, 0.15) is 67.2 Å². The van der Waals surface area contributed by atoms with Gasteiger partial charge >= 0.3 is 67.8 Å². The molecule has 0 heterocycles. The molecule has 224 valence electrons. The summed E-state index contributed by atoms with van der Waals surface area (Å²) in [4.78, 5) is 0. The third-order valence-corrected chi connectivity index (χ3v) is 11.0. The van der Waals surface area contributed by atoms with Crippen LogP contribution in [-0.4, -0.2) is 13.9 Å². The molecule has 0 fully saturated rings. The van der Waals surface area contributed by atoms with Gasteiger partial charge in [0.15, 0.2) is 8.32 Å². The minimum atomic E-state index is -2.01. The molecule has 1 unspecified atom stereocenters. The van der Waals surface area contributed by atoms with Gasteiger partial charge in [-0.3, -0.25) is 0 Å². The van der Waals surface area contributed by atoms with Crippen molar-refractivity contribution in [3.8, 4) is 23.7 Å². The van der Waals surface area contributed by atoms with E-state index in [2.05, 4.69) is 137 Å². The molecular weight excluding hydrogens is 630 g/mol. The second-order valence-electron chi connectivity index (χ2n) is 10.0. The molecule has 0 saturated heterocycles. The van der Waals surface area contributed by atoms with E-state index in [1.807, 2.05) is 0 Å². The zero-order valence-corrected chi connectivity index (χ0v) is 27.8. The molecule has 0 saturated carbocycles. The van der Waals surface area contributed by atoms with Crippen LogP contribution >= 0.6 is 0 Å². The van der Waals surface area contributed by atoms with E-state index in [0.717, 1.165) is 42.4 Å². The predicted molar refractivity (Wildman–Crippen MR) is 143 cm³/mol. The molecular formula is C31H36Co2O7Si. The first kappa shape index (κ1) is 55.0. The first-order valence-electron chi connectivity index (χ1n) is 11.3. The molecule has 10 heteroatoms. The molecule has 0 aromatic heterocycles. The summed E-state index contributed by atoms with van der Waals surface area (Å²) in [7, 11) is -2.01. The summed E-state index contributed by atoms with van der Waals surface area (Å²) in [5.74, 6) is 13.8. The molecule has 41 heavy (non-hydrogen) atoms. The molecule has 0 N–H and O–H groups in total. The quantitative estimate of drug-likeness (QED) is 0.141. The van der Waals surface area contributed by atoms with Gasteiger partial charge in [0.1, 0.15) is 5.60 Å². The van der Waals surface area contributed by atoms with E-state index in [4.69, 9.17) is 32.3 Å². The van der Waals surface area contributed by atoms with Crippen LogP contribution in [0.3, 0.4) is 0 Å². The Labute approximate surface area is 268 Å². The van der Waals surface area contributed by atoms with Crippen molar-refractivity contribution in [2.45, 2.75) is 91.0 Å². The largest absolute Gasteiger partial charge is 0 e. The summed E-state index contributed by atoms with van der Waals surface area (Å²) in [6, 6.07) is 0. The Morgan fingerprint density at radius 1 is 0.805 bits per heavy atom. The maximum atomic E-state index is 7.50. The fourth-order valence-corrected chi connectivity index (χ4v) is 4.94. The predicted octanol–water partition coefficient (Wildman–Crippen LogP) is 6.57. The molecule has 0 amide bonds. The molecule has 2 aliphatic rings. The number of hydrogen-bond acceptors (Lipinski definition) is 1. The normalized spacial score (nSPS) is 18.4. The van der Waals surface area contributed by atoms with Crippen LogP contribution in [0, 0.1) is 69.0 Å². The van der Waals surface area contributed by atoms with Crippen molar-refractivity contribution in [2.24, 2.45) is 5.41 Å². The van der Waals surface area contributed by atoms with Gasteiger partial charge in [-0.15, -0.1) is 0 Å². The van der Waals surface area contributed by atoms with Crippen molar-refractivity contribution < 1.29 is 65.9 Å². The van der Waals surface area contributed by atoms with E-state index in [-0.39, 0.29) is 44.0 Å². The van der Waals surface area contributed by atoms with Crippen LogP contribution in [-0.2, 0) is 65.9 Å². The van der Waals surface area contributed by atoms with Crippen molar-refractivity contribution in [1.29, 1.82) is 0 Å². The van der Waals surface area contributed by atoms with Gasteiger partial charge in [-0.2, -0.15) is 0 Å². The van der Waals surface area contributed by atoms with Crippen LogP contribution in [0.5, 0.6) is 0 Å². The van der Waals surface area contributed by atoms with E-state index >= 15 is 0 Å². The number of hydrogen-bond donors (Lipinski definition) is 0. The Morgan fingerprint density at radius 3 is 1.66 bits per heavy atom. The van der Waals surface area contributed by atoms with E-state index < -0.39 is 13.9 Å². The monoisotopic (exact) mass is 666 g/mol. The maximum absolute atomic E-state index is 7.50. The van der Waals surface area contributed by atoms with Crippen LogP contribution in [0.4, 0.5) is 0 Å². The summed E-state index contributed by atoms with van der Waals surface area (Å²) in [6.07, 6.45) is 8.16. The van der Waals surface area contributed by atoms with Gasteiger partial charge in [0.25, 0.3) is 0 Å². The first-order valence-corrected chi connectivity index (χ1v) is 14.2. The second-order valence-corrected chi connectivity index (χ2v) is 14.7. The van der Waals surface area contributed by atoms with Crippen molar-refractivity contribution in [3.05, 3.63) is 75.4 Å². The number of allylic oxidation sites excluding steroid dienone is 4. The SMILES string of the molecule is C=C1C#CC2(O[Si](C)(C)C(C)(C)C)CCC=C(C#C/C(C)=C\CC1)C2(C)C.[C-]#[O+].[C-]#[O+].[C-]#[O+].[C-]#[O+].[C-]#[O+].[C-]#[O+].[Co].[Co]. The minimum absolute atomic E-state index is 0. The zero-order chi connectivity index (χ0) is 32.5. The van der Waals surface area contributed by atoms with Gasteiger partial charge in [0.2, 0.25) is 0 Å². The van der Waals surface area contributed by atoms with Crippen LogP contribution < -0.4 is 0 Å². The maximum Gasteiger partial charge on any atom is 0 e. The van der Waals surface area contributed by atoms with Crippen molar-refractivity contribution in [3.63, 3.8) is 0 Å².